The fraction of sp³-hybridized carbons (Fsp3) is 0.0667. The molecule has 1 aromatic rings. The molecule has 16 heavy (non-hydrogen) atoms. The van der Waals surface area contributed by atoms with E-state index in [4.69, 9.17) is 4.42 Å². The molecule has 0 unspecified atom stereocenters. The van der Waals surface area contributed by atoms with Crippen molar-refractivity contribution in [3.05, 3.63) is 60.6 Å². The molecule has 0 saturated carbocycles. The van der Waals surface area contributed by atoms with E-state index in [1.54, 1.807) is 18.2 Å². The third kappa shape index (κ3) is 2.31. The molecule has 0 saturated heterocycles. The van der Waals surface area contributed by atoms with Crippen LogP contribution in [0.25, 0.3) is 24.3 Å². The maximum atomic E-state index is 5.67. The molecule has 1 heterocycles. The summed E-state index contributed by atoms with van der Waals surface area (Å²) in [6, 6.07) is 0. The Bertz CT molecular complexity index is 456. The molecule has 0 N–H and O–H groups in total. The number of hydrogen-bond acceptors (Lipinski definition) is 1. The molecule has 0 aliphatic carbocycles. The third-order valence-electron chi connectivity index (χ3n) is 2.15. The fourth-order valence-electron chi connectivity index (χ4n) is 1.47. The van der Waals surface area contributed by atoms with Gasteiger partial charge >= 0.3 is 0 Å². The van der Waals surface area contributed by atoms with E-state index in [0.29, 0.717) is 0 Å². The first-order valence-corrected chi connectivity index (χ1v) is 5.12. The summed E-state index contributed by atoms with van der Waals surface area (Å²) >= 11 is 0. The van der Waals surface area contributed by atoms with Crippen LogP contribution in [0.15, 0.2) is 42.4 Å². The fourth-order valence-corrected chi connectivity index (χ4v) is 1.47. The predicted octanol–water partition coefficient (Wildman–Crippen LogP) is 4.80. The Morgan fingerprint density at radius 1 is 0.938 bits per heavy atom. The van der Waals surface area contributed by atoms with Gasteiger partial charge in [-0.2, -0.15) is 0 Å². The SMILES string of the molecule is C=C/C=C\c1oc(C=C)c(/C=C\C)c1C=C. The van der Waals surface area contributed by atoms with Gasteiger partial charge < -0.3 is 4.42 Å². The van der Waals surface area contributed by atoms with Crippen LogP contribution in [0.1, 0.15) is 29.6 Å². The van der Waals surface area contributed by atoms with Gasteiger partial charge in [-0.3, -0.25) is 0 Å². The normalized spacial score (nSPS) is 11.1. The van der Waals surface area contributed by atoms with E-state index in [2.05, 4.69) is 19.7 Å². The second kappa shape index (κ2) is 5.76. The van der Waals surface area contributed by atoms with Crippen LogP contribution >= 0.6 is 0 Å². The van der Waals surface area contributed by atoms with Crippen LogP contribution in [0.5, 0.6) is 0 Å². The first kappa shape index (κ1) is 12.1. The first-order valence-electron chi connectivity index (χ1n) is 5.12. The van der Waals surface area contributed by atoms with Crippen molar-refractivity contribution in [1.82, 2.24) is 0 Å². The Balaban J connectivity index is 3.40. The highest BCUT2D eigenvalue weighted by Gasteiger charge is 2.11. The van der Waals surface area contributed by atoms with Gasteiger partial charge in [0.15, 0.2) is 0 Å². The van der Waals surface area contributed by atoms with Crippen molar-refractivity contribution in [3.63, 3.8) is 0 Å². The lowest BCUT2D eigenvalue weighted by molar-refractivity contribution is 0.546. The number of allylic oxidation sites excluding steroid dienone is 3. The van der Waals surface area contributed by atoms with Crippen molar-refractivity contribution in [2.24, 2.45) is 0 Å². The zero-order valence-corrected chi connectivity index (χ0v) is 9.57. The minimum absolute atomic E-state index is 0.761. The Labute approximate surface area is 96.8 Å². The quantitative estimate of drug-likeness (QED) is 0.639. The summed E-state index contributed by atoms with van der Waals surface area (Å²) in [5, 5.41) is 0. The topological polar surface area (TPSA) is 13.1 Å². The van der Waals surface area contributed by atoms with Gasteiger partial charge in [-0.1, -0.05) is 50.1 Å². The Kier molecular flexibility index (Phi) is 4.34. The predicted molar refractivity (Wildman–Crippen MR) is 72.8 cm³/mol. The average molecular weight is 212 g/mol. The highest BCUT2D eigenvalue weighted by molar-refractivity contribution is 5.76. The van der Waals surface area contributed by atoms with Crippen LogP contribution in [0.2, 0.25) is 0 Å². The molecule has 1 rings (SSSR count). The summed E-state index contributed by atoms with van der Waals surface area (Å²) < 4.78 is 5.67. The Hall–Kier alpha value is -2.02. The van der Waals surface area contributed by atoms with Gasteiger partial charge in [-0.25, -0.2) is 0 Å². The van der Waals surface area contributed by atoms with E-state index in [0.717, 1.165) is 22.6 Å². The summed E-state index contributed by atoms with van der Waals surface area (Å²) in [5.41, 5.74) is 1.99. The van der Waals surface area contributed by atoms with Gasteiger partial charge in [0.1, 0.15) is 11.5 Å². The first-order chi connectivity index (χ1) is 7.78. The molecule has 0 aliphatic rings. The maximum Gasteiger partial charge on any atom is 0.135 e. The lowest BCUT2D eigenvalue weighted by atomic mass is 10.1. The Morgan fingerprint density at radius 2 is 1.69 bits per heavy atom. The molecule has 0 aromatic carbocycles. The molecule has 0 radical (unpaired) electrons. The van der Waals surface area contributed by atoms with Gasteiger partial charge in [0.25, 0.3) is 0 Å². The van der Waals surface area contributed by atoms with E-state index >= 15 is 0 Å². The standard InChI is InChI=1S/C15H16O/c1-5-9-11-15-12(7-3)13(10-6-2)14(8-4)16-15/h5-11H,1,3-4H2,2H3/b10-6-,11-9-. The van der Waals surface area contributed by atoms with Crippen molar-refractivity contribution in [2.45, 2.75) is 6.92 Å². The van der Waals surface area contributed by atoms with Crippen molar-refractivity contribution in [2.75, 3.05) is 0 Å². The van der Waals surface area contributed by atoms with Gasteiger partial charge in [-0.15, -0.1) is 0 Å². The van der Waals surface area contributed by atoms with Crippen LogP contribution in [0.4, 0.5) is 0 Å². The van der Waals surface area contributed by atoms with Crippen molar-refractivity contribution >= 4 is 24.3 Å². The molecule has 82 valence electrons. The molecule has 0 bridgehead atoms. The van der Waals surface area contributed by atoms with Crippen molar-refractivity contribution in [1.29, 1.82) is 0 Å². The molecular formula is C15H16O. The van der Waals surface area contributed by atoms with E-state index in [1.807, 2.05) is 31.2 Å². The lowest BCUT2D eigenvalue weighted by Gasteiger charge is -1.92. The summed E-state index contributed by atoms with van der Waals surface area (Å²) in [7, 11) is 0. The lowest BCUT2D eigenvalue weighted by Crippen LogP contribution is -1.77. The largest absolute Gasteiger partial charge is 0.456 e. The minimum atomic E-state index is 0.761. The highest BCUT2D eigenvalue weighted by Crippen LogP contribution is 2.27. The zero-order valence-electron chi connectivity index (χ0n) is 9.57. The smallest absolute Gasteiger partial charge is 0.135 e. The molecule has 1 aromatic heterocycles. The highest BCUT2D eigenvalue weighted by atomic mass is 16.3. The van der Waals surface area contributed by atoms with Crippen LogP contribution in [0.3, 0.4) is 0 Å². The van der Waals surface area contributed by atoms with Crippen molar-refractivity contribution in [3.8, 4) is 0 Å². The van der Waals surface area contributed by atoms with E-state index in [1.165, 1.54) is 0 Å². The van der Waals surface area contributed by atoms with E-state index in [-0.39, 0.29) is 0 Å². The van der Waals surface area contributed by atoms with Crippen LogP contribution in [0, 0.1) is 0 Å². The van der Waals surface area contributed by atoms with Gasteiger partial charge in [0.2, 0.25) is 0 Å². The molecular weight excluding hydrogens is 196 g/mol. The monoisotopic (exact) mass is 212 g/mol. The van der Waals surface area contributed by atoms with Crippen molar-refractivity contribution < 1.29 is 4.42 Å². The molecule has 0 atom stereocenters. The van der Waals surface area contributed by atoms with Gasteiger partial charge in [0, 0.05) is 11.1 Å². The molecule has 0 fully saturated rings. The van der Waals surface area contributed by atoms with Gasteiger partial charge in [0.05, 0.1) is 0 Å². The van der Waals surface area contributed by atoms with E-state index < -0.39 is 0 Å². The number of furan rings is 1. The molecule has 0 aliphatic heterocycles. The Morgan fingerprint density at radius 3 is 2.19 bits per heavy atom. The molecule has 0 spiro atoms. The van der Waals surface area contributed by atoms with Crippen LogP contribution in [-0.2, 0) is 0 Å². The van der Waals surface area contributed by atoms with Crippen LogP contribution < -0.4 is 0 Å². The number of hydrogen-bond donors (Lipinski definition) is 0. The third-order valence-corrected chi connectivity index (χ3v) is 2.15. The number of rotatable bonds is 5. The molecule has 0 amide bonds. The summed E-state index contributed by atoms with van der Waals surface area (Å²) in [6.45, 7) is 13.1. The molecule has 1 heteroatoms. The zero-order chi connectivity index (χ0) is 12.0. The second-order valence-corrected chi connectivity index (χ2v) is 3.16. The summed E-state index contributed by atoms with van der Waals surface area (Å²) in [6.07, 6.45) is 12.8. The maximum absolute atomic E-state index is 5.67. The minimum Gasteiger partial charge on any atom is -0.456 e. The second-order valence-electron chi connectivity index (χ2n) is 3.16. The van der Waals surface area contributed by atoms with Crippen LogP contribution in [-0.4, -0.2) is 0 Å². The van der Waals surface area contributed by atoms with E-state index in [9.17, 15) is 0 Å². The summed E-state index contributed by atoms with van der Waals surface area (Å²) in [4.78, 5) is 0. The average Bonchev–Trinajstić information content (AvgIpc) is 2.64. The van der Waals surface area contributed by atoms with Gasteiger partial charge in [-0.05, 0) is 19.1 Å². The summed E-state index contributed by atoms with van der Waals surface area (Å²) in [5.74, 6) is 1.54. The molecule has 1 nitrogen and oxygen atoms in total.